The summed E-state index contributed by atoms with van der Waals surface area (Å²) in [4.78, 5) is 0. The van der Waals surface area contributed by atoms with Crippen LogP contribution in [-0.2, 0) is 0 Å². The fraction of sp³-hybridized carbons (Fsp3) is 0.500. The molecular formula is C12H15BrFNO. The van der Waals surface area contributed by atoms with Crippen molar-refractivity contribution in [2.45, 2.75) is 32.4 Å². The maximum Gasteiger partial charge on any atom is 0.141 e. The Bertz CT molecular complexity index is 410. The summed E-state index contributed by atoms with van der Waals surface area (Å²) >= 11 is 3.13. The molecule has 4 heteroatoms. The zero-order valence-electron chi connectivity index (χ0n) is 9.30. The molecule has 0 amide bonds. The van der Waals surface area contributed by atoms with Crippen LogP contribution in [0.5, 0.6) is 5.75 Å². The maximum atomic E-state index is 13.1. The second kappa shape index (κ2) is 4.34. The van der Waals surface area contributed by atoms with E-state index >= 15 is 0 Å². The average Bonchev–Trinajstić information content (AvgIpc) is 2.87. The SMILES string of the molecule is CC(NC1CC1C)c1cc(Br)c(F)cc1O. The van der Waals surface area contributed by atoms with Crippen LogP contribution < -0.4 is 5.32 Å². The summed E-state index contributed by atoms with van der Waals surface area (Å²) in [6.45, 7) is 4.16. The summed E-state index contributed by atoms with van der Waals surface area (Å²) < 4.78 is 13.5. The summed E-state index contributed by atoms with van der Waals surface area (Å²) in [5.74, 6) is 0.274. The number of phenolic OH excluding ortho intramolecular Hbond substituents is 1. The zero-order chi connectivity index (χ0) is 11.9. The van der Waals surface area contributed by atoms with Crippen molar-refractivity contribution < 1.29 is 9.50 Å². The molecule has 16 heavy (non-hydrogen) atoms. The van der Waals surface area contributed by atoms with Crippen LogP contribution >= 0.6 is 15.9 Å². The van der Waals surface area contributed by atoms with Crippen LogP contribution in [0.15, 0.2) is 16.6 Å². The van der Waals surface area contributed by atoms with Gasteiger partial charge < -0.3 is 10.4 Å². The van der Waals surface area contributed by atoms with Crippen molar-refractivity contribution in [3.05, 3.63) is 28.0 Å². The Morgan fingerprint density at radius 2 is 2.19 bits per heavy atom. The smallest absolute Gasteiger partial charge is 0.141 e. The molecule has 1 aliphatic rings. The fourth-order valence-corrected chi connectivity index (χ4v) is 2.22. The van der Waals surface area contributed by atoms with E-state index in [1.165, 1.54) is 6.42 Å². The molecule has 88 valence electrons. The fourth-order valence-electron chi connectivity index (χ4n) is 1.86. The van der Waals surface area contributed by atoms with Crippen LogP contribution in [0.25, 0.3) is 0 Å². The first-order valence-electron chi connectivity index (χ1n) is 5.43. The lowest BCUT2D eigenvalue weighted by Crippen LogP contribution is -2.22. The highest BCUT2D eigenvalue weighted by Crippen LogP contribution is 2.35. The lowest BCUT2D eigenvalue weighted by Gasteiger charge is -2.16. The zero-order valence-corrected chi connectivity index (χ0v) is 10.9. The molecule has 3 unspecified atom stereocenters. The van der Waals surface area contributed by atoms with E-state index in [-0.39, 0.29) is 11.8 Å². The molecule has 2 N–H and O–H groups in total. The van der Waals surface area contributed by atoms with Gasteiger partial charge in [0.15, 0.2) is 0 Å². The second-order valence-electron chi connectivity index (χ2n) is 4.53. The van der Waals surface area contributed by atoms with Crippen molar-refractivity contribution >= 4 is 15.9 Å². The van der Waals surface area contributed by atoms with Crippen molar-refractivity contribution in [3.63, 3.8) is 0 Å². The van der Waals surface area contributed by atoms with E-state index in [1.807, 2.05) is 6.92 Å². The predicted molar refractivity (Wildman–Crippen MR) is 64.9 cm³/mol. The second-order valence-corrected chi connectivity index (χ2v) is 5.39. The lowest BCUT2D eigenvalue weighted by molar-refractivity contribution is 0.444. The molecule has 2 nitrogen and oxygen atoms in total. The molecule has 1 saturated carbocycles. The molecule has 3 atom stereocenters. The van der Waals surface area contributed by atoms with Crippen LogP contribution in [0, 0.1) is 11.7 Å². The summed E-state index contributed by atoms with van der Waals surface area (Å²) in [5.41, 5.74) is 0.729. The molecule has 0 bridgehead atoms. The Morgan fingerprint density at radius 3 is 2.75 bits per heavy atom. The number of rotatable bonds is 3. The van der Waals surface area contributed by atoms with Crippen molar-refractivity contribution in [2.75, 3.05) is 0 Å². The van der Waals surface area contributed by atoms with Crippen LogP contribution in [0.4, 0.5) is 4.39 Å². The number of aromatic hydroxyl groups is 1. The maximum absolute atomic E-state index is 13.1. The summed E-state index contributed by atoms with van der Waals surface area (Å²) in [5, 5.41) is 13.1. The largest absolute Gasteiger partial charge is 0.508 e. The number of halogens is 2. The van der Waals surface area contributed by atoms with E-state index < -0.39 is 5.82 Å². The van der Waals surface area contributed by atoms with E-state index in [0.717, 1.165) is 11.6 Å². The minimum Gasteiger partial charge on any atom is -0.508 e. The summed E-state index contributed by atoms with van der Waals surface area (Å²) in [7, 11) is 0. The van der Waals surface area contributed by atoms with Crippen molar-refractivity contribution in [1.82, 2.24) is 5.32 Å². The quantitative estimate of drug-likeness (QED) is 0.894. The van der Waals surface area contributed by atoms with Gasteiger partial charge in [-0.2, -0.15) is 0 Å². The number of phenols is 1. The Hall–Kier alpha value is -0.610. The third kappa shape index (κ3) is 2.38. The first kappa shape index (κ1) is 11.9. The van der Waals surface area contributed by atoms with Gasteiger partial charge in [0.1, 0.15) is 11.6 Å². The van der Waals surface area contributed by atoms with Gasteiger partial charge in [0, 0.05) is 23.7 Å². The molecule has 1 aromatic carbocycles. The molecule has 1 fully saturated rings. The molecule has 0 saturated heterocycles. The summed E-state index contributed by atoms with van der Waals surface area (Å²) in [6.07, 6.45) is 1.17. The monoisotopic (exact) mass is 287 g/mol. The Balaban J connectivity index is 2.15. The van der Waals surface area contributed by atoms with E-state index in [9.17, 15) is 9.50 Å². The first-order chi connectivity index (χ1) is 7.49. The lowest BCUT2D eigenvalue weighted by atomic mass is 10.1. The van der Waals surface area contributed by atoms with Crippen molar-refractivity contribution in [1.29, 1.82) is 0 Å². The summed E-state index contributed by atoms with van der Waals surface area (Å²) in [6, 6.07) is 3.34. The van der Waals surface area contributed by atoms with Gasteiger partial charge in [0.05, 0.1) is 4.47 Å². The van der Waals surface area contributed by atoms with Gasteiger partial charge in [0.25, 0.3) is 0 Å². The average molecular weight is 288 g/mol. The number of hydrogen-bond acceptors (Lipinski definition) is 2. The van der Waals surface area contributed by atoms with Crippen LogP contribution in [0.3, 0.4) is 0 Å². The third-order valence-electron chi connectivity index (χ3n) is 3.11. The molecule has 2 rings (SSSR count). The molecule has 0 aliphatic heterocycles. The van der Waals surface area contributed by atoms with Crippen LogP contribution in [0.1, 0.15) is 31.9 Å². The standard InChI is InChI=1S/C12H15BrFNO/c1-6-3-11(6)15-7(2)8-4-9(13)10(14)5-12(8)16/h4-7,11,15-16H,3H2,1-2H3. The van der Waals surface area contributed by atoms with Gasteiger partial charge in [0.2, 0.25) is 0 Å². The highest BCUT2D eigenvalue weighted by atomic mass is 79.9. The van der Waals surface area contributed by atoms with E-state index in [2.05, 4.69) is 28.2 Å². The van der Waals surface area contributed by atoms with E-state index in [0.29, 0.717) is 16.4 Å². The van der Waals surface area contributed by atoms with E-state index in [4.69, 9.17) is 0 Å². The third-order valence-corrected chi connectivity index (χ3v) is 3.72. The van der Waals surface area contributed by atoms with Crippen molar-refractivity contribution in [2.24, 2.45) is 5.92 Å². The predicted octanol–water partition coefficient (Wildman–Crippen LogP) is 3.35. The van der Waals surface area contributed by atoms with Gasteiger partial charge in [-0.1, -0.05) is 6.92 Å². The van der Waals surface area contributed by atoms with Crippen molar-refractivity contribution in [3.8, 4) is 5.75 Å². The number of nitrogens with one attached hydrogen (secondary N) is 1. The topological polar surface area (TPSA) is 32.3 Å². The van der Waals surface area contributed by atoms with Crippen LogP contribution in [-0.4, -0.2) is 11.1 Å². The Labute approximate surface area is 103 Å². The molecular weight excluding hydrogens is 273 g/mol. The highest BCUT2D eigenvalue weighted by Gasteiger charge is 2.33. The van der Waals surface area contributed by atoms with Crippen LogP contribution in [0.2, 0.25) is 0 Å². The van der Waals surface area contributed by atoms with Gasteiger partial charge >= 0.3 is 0 Å². The molecule has 0 heterocycles. The van der Waals surface area contributed by atoms with Gasteiger partial charge in [-0.3, -0.25) is 0 Å². The molecule has 1 aromatic rings. The number of hydrogen-bond donors (Lipinski definition) is 2. The Kier molecular flexibility index (Phi) is 3.22. The minimum absolute atomic E-state index is 0.00834. The highest BCUT2D eigenvalue weighted by molar-refractivity contribution is 9.10. The molecule has 1 aliphatic carbocycles. The normalized spacial score (nSPS) is 25.5. The number of benzene rings is 1. The minimum atomic E-state index is -0.437. The van der Waals surface area contributed by atoms with Gasteiger partial charge in [-0.25, -0.2) is 4.39 Å². The molecule has 0 spiro atoms. The van der Waals surface area contributed by atoms with Gasteiger partial charge in [-0.05, 0) is 41.3 Å². The van der Waals surface area contributed by atoms with E-state index in [1.54, 1.807) is 6.07 Å². The Morgan fingerprint density at radius 1 is 1.56 bits per heavy atom. The molecule has 0 radical (unpaired) electrons. The van der Waals surface area contributed by atoms with Gasteiger partial charge in [-0.15, -0.1) is 0 Å². The first-order valence-corrected chi connectivity index (χ1v) is 6.22. The molecule has 0 aromatic heterocycles.